The molecule has 0 aliphatic carbocycles. The number of carbonyl (C=O) groups is 1. The van der Waals surface area contributed by atoms with Crippen molar-refractivity contribution in [3.05, 3.63) is 58.4 Å². The van der Waals surface area contributed by atoms with Gasteiger partial charge in [0.2, 0.25) is 4.77 Å². The molecule has 8 heteroatoms. The molecule has 1 amide bonds. The lowest BCUT2D eigenvalue weighted by Gasteiger charge is -2.20. The van der Waals surface area contributed by atoms with E-state index in [1.165, 1.54) is 0 Å². The van der Waals surface area contributed by atoms with Crippen molar-refractivity contribution in [1.82, 2.24) is 20.2 Å². The van der Waals surface area contributed by atoms with Crippen molar-refractivity contribution in [1.29, 1.82) is 0 Å². The largest absolute Gasteiger partial charge is 0.480 e. The van der Waals surface area contributed by atoms with Gasteiger partial charge in [-0.2, -0.15) is 5.21 Å². The minimum absolute atomic E-state index is 0.161. The number of aryl methyl sites for hydroxylation is 2. The maximum absolute atomic E-state index is 12.9. The molecule has 2 N–H and O–H groups in total. The molecule has 1 aromatic heterocycles. The van der Waals surface area contributed by atoms with Crippen molar-refractivity contribution in [2.45, 2.75) is 46.1 Å². The average molecular weight is 412 g/mol. The van der Waals surface area contributed by atoms with Crippen LogP contribution in [-0.2, 0) is 4.79 Å². The molecule has 0 saturated carbocycles. The summed E-state index contributed by atoms with van der Waals surface area (Å²) in [5, 5.41) is 13.1. The van der Waals surface area contributed by atoms with Gasteiger partial charge >= 0.3 is 0 Å². The fourth-order valence-electron chi connectivity index (χ4n) is 3.00. The van der Waals surface area contributed by atoms with Crippen molar-refractivity contribution >= 4 is 23.8 Å². The van der Waals surface area contributed by atoms with Gasteiger partial charge in [-0.3, -0.25) is 4.79 Å². The highest BCUT2D eigenvalue weighted by Gasteiger charge is 2.21. The van der Waals surface area contributed by atoms with Gasteiger partial charge in [0, 0.05) is 5.69 Å². The van der Waals surface area contributed by atoms with E-state index in [1.807, 2.05) is 50.2 Å². The first kappa shape index (κ1) is 20.7. The van der Waals surface area contributed by atoms with E-state index in [9.17, 15) is 4.79 Å². The molecule has 0 aliphatic rings. The Morgan fingerprint density at radius 1 is 1.24 bits per heavy atom. The summed E-state index contributed by atoms with van der Waals surface area (Å²) in [6.45, 7) is 6.12. The Kier molecular flexibility index (Phi) is 6.77. The molecule has 152 valence electrons. The maximum Gasteiger partial charge on any atom is 0.265 e. The lowest BCUT2D eigenvalue weighted by atomic mass is 10.1. The predicted molar refractivity (Wildman–Crippen MR) is 115 cm³/mol. The standard InChI is InChI=1S/C21H25N5O2S/c1-4-5-6-19(28-18-12-7-14(2)13-15(18)3)20(27)22-16-8-10-17(11-9-16)26-21(29)23-24-25-26/h7-13,19H,4-6H2,1-3H3,(H,22,27)(H,23,25,29). The van der Waals surface area contributed by atoms with Crippen LogP contribution in [0.1, 0.15) is 37.3 Å². The molecule has 0 spiro atoms. The number of ether oxygens (including phenoxy) is 1. The highest BCUT2D eigenvalue weighted by atomic mass is 32.1. The number of aromatic nitrogens is 4. The van der Waals surface area contributed by atoms with Gasteiger partial charge in [-0.25, -0.2) is 4.68 Å². The van der Waals surface area contributed by atoms with Gasteiger partial charge in [0.1, 0.15) is 5.75 Å². The van der Waals surface area contributed by atoms with Crippen molar-refractivity contribution in [3.63, 3.8) is 0 Å². The SMILES string of the molecule is CCCCC(Oc1ccc(C)cc1C)C(=O)Nc1ccc(-n2[nH]nnc2=S)cc1. The molecule has 0 saturated heterocycles. The molecule has 29 heavy (non-hydrogen) atoms. The van der Waals surface area contributed by atoms with E-state index in [4.69, 9.17) is 17.0 Å². The summed E-state index contributed by atoms with van der Waals surface area (Å²) < 4.78 is 8.00. The Morgan fingerprint density at radius 2 is 2.00 bits per heavy atom. The van der Waals surface area contributed by atoms with Gasteiger partial charge in [0.25, 0.3) is 5.91 Å². The van der Waals surface area contributed by atoms with E-state index in [-0.39, 0.29) is 5.91 Å². The van der Waals surface area contributed by atoms with E-state index in [2.05, 4.69) is 33.8 Å². The number of hydrogen-bond acceptors (Lipinski definition) is 5. The predicted octanol–water partition coefficient (Wildman–Crippen LogP) is 4.52. The summed E-state index contributed by atoms with van der Waals surface area (Å²) in [6.07, 6.45) is 2.00. The smallest absolute Gasteiger partial charge is 0.265 e. The second kappa shape index (κ2) is 9.47. The van der Waals surface area contributed by atoms with Crippen LogP contribution in [0.25, 0.3) is 5.69 Å². The van der Waals surface area contributed by atoms with E-state index in [0.29, 0.717) is 16.9 Å². The third kappa shape index (κ3) is 5.29. The fourth-order valence-corrected chi connectivity index (χ4v) is 3.19. The summed E-state index contributed by atoms with van der Waals surface area (Å²) in [6, 6.07) is 13.2. The minimum Gasteiger partial charge on any atom is -0.480 e. The highest BCUT2D eigenvalue weighted by molar-refractivity contribution is 7.71. The first-order valence-corrected chi connectivity index (χ1v) is 10.0. The average Bonchev–Trinajstić information content (AvgIpc) is 3.13. The van der Waals surface area contributed by atoms with Crippen molar-refractivity contribution in [3.8, 4) is 11.4 Å². The minimum atomic E-state index is -0.554. The molecule has 0 fully saturated rings. The van der Waals surface area contributed by atoms with Gasteiger partial charge < -0.3 is 10.1 Å². The Balaban J connectivity index is 1.72. The number of anilines is 1. The van der Waals surface area contributed by atoms with E-state index in [1.54, 1.807) is 4.68 Å². The van der Waals surface area contributed by atoms with Crippen LogP contribution in [0.3, 0.4) is 0 Å². The van der Waals surface area contributed by atoms with Crippen LogP contribution in [0.5, 0.6) is 5.75 Å². The number of aromatic amines is 1. The van der Waals surface area contributed by atoms with Gasteiger partial charge in [0.05, 0.1) is 5.69 Å². The number of tetrazole rings is 1. The Hall–Kier alpha value is -3.00. The summed E-state index contributed by atoms with van der Waals surface area (Å²) in [5.74, 6) is 0.578. The molecular weight excluding hydrogens is 386 g/mol. The molecule has 1 unspecified atom stereocenters. The van der Waals surface area contributed by atoms with Gasteiger partial charge in [-0.15, -0.1) is 0 Å². The number of nitrogens with one attached hydrogen (secondary N) is 2. The fraction of sp³-hybridized carbons (Fsp3) is 0.333. The lowest BCUT2D eigenvalue weighted by molar-refractivity contribution is -0.123. The van der Waals surface area contributed by atoms with Crippen LogP contribution < -0.4 is 10.1 Å². The first-order valence-electron chi connectivity index (χ1n) is 9.63. The Labute approximate surface area is 175 Å². The second-order valence-corrected chi connectivity index (χ2v) is 7.34. The third-order valence-electron chi connectivity index (χ3n) is 4.58. The van der Waals surface area contributed by atoms with Crippen LogP contribution in [0.4, 0.5) is 5.69 Å². The Bertz CT molecular complexity index is 1030. The number of rotatable bonds is 8. The molecule has 1 atom stereocenters. The van der Waals surface area contributed by atoms with Crippen molar-refractivity contribution < 1.29 is 9.53 Å². The first-order chi connectivity index (χ1) is 14.0. The molecular formula is C21H25N5O2S. The van der Waals surface area contributed by atoms with Gasteiger partial charge in [-0.05, 0) is 74.8 Å². The molecule has 1 heterocycles. The topological polar surface area (TPSA) is 84.8 Å². The van der Waals surface area contributed by atoms with E-state index < -0.39 is 6.10 Å². The number of amides is 1. The van der Waals surface area contributed by atoms with Crippen LogP contribution in [0.15, 0.2) is 42.5 Å². The summed E-state index contributed by atoms with van der Waals surface area (Å²) in [7, 11) is 0. The second-order valence-electron chi connectivity index (χ2n) is 6.97. The Morgan fingerprint density at radius 3 is 2.62 bits per heavy atom. The van der Waals surface area contributed by atoms with Crippen LogP contribution in [0.2, 0.25) is 0 Å². The van der Waals surface area contributed by atoms with Gasteiger partial charge in [-0.1, -0.05) is 41.4 Å². The quantitative estimate of drug-likeness (QED) is 0.533. The van der Waals surface area contributed by atoms with Crippen LogP contribution in [-0.4, -0.2) is 32.2 Å². The summed E-state index contributed by atoms with van der Waals surface area (Å²) in [5.41, 5.74) is 3.65. The lowest BCUT2D eigenvalue weighted by Crippen LogP contribution is -2.33. The van der Waals surface area contributed by atoms with E-state index in [0.717, 1.165) is 35.4 Å². The number of hydrogen-bond donors (Lipinski definition) is 2. The zero-order valence-corrected chi connectivity index (χ0v) is 17.6. The zero-order chi connectivity index (χ0) is 20.8. The van der Waals surface area contributed by atoms with Crippen LogP contribution >= 0.6 is 12.2 Å². The van der Waals surface area contributed by atoms with Gasteiger partial charge in [0.15, 0.2) is 6.10 Å². The van der Waals surface area contributed by atoms with Crippen molar-refractivity contribution in [2.24, 2.45) is 0 Å². The number of H-pyrrole nitrogens is 1. The molecule has 7 nitrogen and oxygen atoms in total. The summed E-state index contributed by atoms with van der Waals surface area (Å²) in [4.78, 5) is 12.9. The normalized spacial score (nSPS) is 11.8. The third-order valence-corrected chi connectivity index (χ3v) is 4.84. The summed E-state index contributed by atoms with van der Waals surface area (Å²) >= 11 is 5.10. The monoisotopic (exact) mass is 411 g/mol. The molecule has 0 radical (unpaired) electrons. The number of nitrogens with zero attached hydrogens (tertiary/aromatic N) is 3. The molecule has 3 aromatic rings. The molecule has 2 aromatic carbocycles. The zero-order valence-electron chi connectivity index (χ0n) is 16.8. The number of unbranched alkanes of at least 4 members (excludes halogenated alkanes) is 1. The molecule has 3 rings (SSSR count). The molecule has 0 aliphatic heterocycles. The maximum atomic E-state index is 12.9. The number of benzene rings is 2. The van der Waals surface area contributed by atoms with Crippen LogP contribution in [0, 0.1) is 18.6 Å². The molecule has 0 bridgehead atoms. The van der Waals surface area contributed by atoms with Crippen molar-refractivity contribution in [2.75, 3.05) is 5.32 Å². The number of carbonyl (C=O) groups excluding carboxylic acids is 1. The highest BCUT2D eigenvalue weighted by Crippen LogP contribution is 2.22. The van der Waals surface area contributed by atoms with E-state index >= 15 is 0 Å².